The lowest BCUT2D eigenvalue weighted by molar-refractivity contribution is 0.109. The average molecular weight is 420 g/mol. The van der Waals surface area contributed by atoms with Crippen LogP contribution >= 0.6 is 15.9 Å². The van der Waals surface area contributed by atoms with E-state index in [4.69, 9.17) is 0 Å². The van der Waals surface area contributed by atoms with Crippen LogP contribution in [0.25, 0.3) is 0 Å². The summed E-state index contributed by atoms with van der Waals surface area (Å²) in [5.74, 6) is -0.246. The summed E-state index contributed by atoms with van der Waals surface area (Å²) in [5.41, 5.74) is 1.73. The molecule has 138 valence electrons. The van der Waals surface area contributed by atoms with Gasteiger partial charge in [-0.1, -0.05) is 46.3 Å². The van der Waals surface area contributed by atoms with Gasteiger partial charge in [0.25, 0.3) is 0 Å². The zero-order chi connectivity index (χ0) is 18.5. The molecule has 4 nitrogen and oxygen atoms in total. The Balaban J connectivity index is 1.63. The van der Waals surface area contributed by atoms with E-state index >= 15 is 0 Å². The number of urea groups is 1. The van der Waals surface area contributed by atoms with Crippen LogP contribution in [-0.4, -0.2) is 49.1 Å². The standard InChI is InChI=1S/C20H23BrFN3O/c1-24-11-12-25(19(14-24)15-5-3-2-4-6-15)20(26)23-10-9-16-13-17(21)7-8-18(16)22/h2-8,13,19H,9-12,14H2,1H3,(H,23,26). The fraction of sp³-hybridized carbons (Fsp3) is 0.350. The van der Waals surface area contributed by atoms with E-state index in [1.807, 2.05) is 23.1 Å². The van der Waals surface area contributed by atoms with Gasteiger partial charge in [0.15, 0.2) is 0 Å². The molecule has 3 rings (SSSR count). The van der Waals surface area contributed by atoms with Crippen LogP contribution in [0.3, 0.4) is 0 Å². The summed E-state index contributed by atoms with van der Waals surface area (Å²) >= 11 is 3.35. The van der Waals surface area contributed by atoms with Gasteiger partial charge in [0, 0.05) is 30.7 Å². The van der Waals surface area contributed by atoms with Crippen molar-refractivity contribution in [1.82, 2.24) is 15.1 Å². The first-order chi connectivity index (χ1) is 12.5. The number of hydrogen-bond acceptors (Lipinski definition) is 2. The molecule has 0 spiro atoms. The highest BCUT2D eigenvalue weighted by atomic mass is 79.9. The Bertz CT molecular complexity index is 756. The molecule has 6 heteroatoms. The predicted molar refractivity (Wildman–Crippen MR) is 105 cm³/mol. The molecule has 0 aliphatic carbocycles. The second kappa shape index (κ2) is 8.64. The van der Waals surface area contributed by atoms with Crippen LogP contribution in [0.5, 0.6) is 0 Å². The van der Waals surface area contributed by atoms with E-state index in [0.29, 0.717) is 25.1 Å². The number of nitrogens with one attached hydrogen (secondary N) is 1. The summed E-state index contributed by atoms with van der Waals surface area (Å²) < 4.78 is 14.7. The van der Waals surface area contributed by atoms with Crippen molar-refractivity contribution in [3.05, 3.63) is 69.9 Å². The van der Waals surface area contributed by atoms with E-state index in [9.17, 15) is 9.18 Å². The lowest BCUT2D eigenvalue weighted by Gasteiger charge is -2.40. The number of halogens is 2. The number of hydrogen-bond donors (Lipinski definition) is 1. The summed E-state index contributed by atoms with van der Waals surface area (Å²) in [7, 11) is 2.07. The van der Waals surface area contributed by atoms with Gasteiger partial charge in [-0.05, 0) is 42.8 Å². The number of piperazine rings is 1. The summed E-state index contributed by atoms with van der Waals surface area (Å²) in [5, 5.41) is 2.95. The smallest absolute Gasteiger partial charge is 0.318 e. The molecule has 0 bridgehead atoms. The van der Waals surface area contributed by atoms with Gasteiger partial charge in [0.2, 0.25) is 0 Å². The largest absolute Gasteiger partial charge is 0.338 e. The van der Waals surface area contributed by atoms with Gasteiger partial charge < -0.3 is 15.1 Å². The van der Waals surface area contributed by atoms with Gasteiger partial charge in [0.05, 0.1) is 6.04 Å². The number of carbonyl (C=O) groups excluding carboxylic acids is 1. The molecule has 1 saturated heterocycles. The second-order valence-electron chi connectivity index (χ2n) is 6.60. The van der Waals surface area contributed by atoms with Gasteiger partial charge in [-0.3, -0.25) is 0 Å². The molecule has 0 radical (unpaired) electrons. The van der Waals surface area contributed by atoms with E-state index in [2.05, 4.69) is 45.3 Å². The Hall–Kier alpha value is -1.92. The van der Waals surface area contributed by atoms with Crippen molar-refractivity contribution in [1.29, 1.82) is 0 Å². The molecule has 2 amide bonds. The average Bonchev–Trinajstić information content (AvgIpc) is 2.65. The predicted octanol–water partition coefficient (Wildman–Crippen LogP) is 3.83. The van der Waals surface area contributed by atoms with Crippen LogP contribution in [0.4, 0.5) is 9.18 Å². The lowest BCUT2D eigenvalue weighted by atomic mass is 10.0. The van der Waals surface area contributed by atoms with Crippen molar-refractivity contribution < 1.29 is 9.18 Å². The van der Waals surface area contributed by atoms with Crippen molar-refractivity contribution in [3.63, 3.8) is 0 Å². The van der Waals surface area contributed by atoms with Crippen LogP contribution in [0.1, 0.15) is 17.2 Å². The van der Waals surface area contributed by atoms with Gasteiger partial charge >= 0.3 is 6.03 Å². The third kappa shape index (κ3) is 4.62. The van der Waals surface area contributed by atoms with Crippen molar-refractivity contribution >= 4 is 22.0 Å². The zero-order valence-corrected chi connectivity index (χ0v) is 16.4. The van der Waals surface area contributed by atoms with Crippen LogP contribution in [0, 0.1) is 5.82 Å². The lowest BCUT2D eigenvalue weighted by Crippen LogP contribution is -2.52. The monoisotopic (exact) mass is 419 g/mol. The zero-order valence-electron chi connectivity index (χ0n) is 14.8. The number of rotatable bonds is 4. The molecule has 26 heavy (non-hydrogen) atoms. The second-order valence-corrected chi connectivity index (χ2v) is 7.52. The fourth-order valence-corrected chi connectivity index (χ4v) is 3.67. The van der Waals surface area contributed by atoms with Gasteiger partial charge in [-0.2, -0.15) is 0 Å². The molecule has 1 heterocycles. The Morgan fingerprint density at radius 2 is 2.00 bits per heavy atom. The van der Waals surface area contributed by atoms with Crippen molar-refractivity contribution in [3.8, 4) is 0 Å². The van der Waals surface area contributed by atoms with E-state index in [1.54, 1.807) is 12.1 Å². The molecule has 1 aliphatic rings. The minimum Gasteiger partial charge on any atom is -0.338 e. The first kappa shape index (κ1) is 18.9. The maximum Gasteiger partial charge on any atom is 0.318 e. The normalized spacial score (nSPS) is 18.0. The van der Waals surface area contributed by atoms with E-state index < -0.39 is 0 Å². The molecular weight excluding hydrogens is 397 g/mol. The molecule has 2 aromatic rings. The number of carbonyl (C=O) groups is 1. The topological polar surface area (TPSA) is 35.6 Å². The summed E-state index contributed by atoms with van der Waals surface area (Å²) in [6.07, 6.45) is 0.459. The van der Waals surface area contributed by atoms with Crippen molar-refractivity contribution in [2.45, 2.75) is 12.5 Å². The highest BCUT2D eigenvalue weighted by Gasteiger charge is 2.29. The molecule has 1 unspecified atom stereocenters. The summed E-state index contributed by atoms with van der Waals surface area (Å²) in [4.78, 5) is 16.8. The fourth-order valence-electron chi connectivity index (χ4n) is 3.26. The van der Waals surface area contributed by atoms with E-state index in [1.165, 1.54) is 6.07 Å². The van der Waals surface area contributed by atoms with Crippen molar-refractivity contribution in [2.24, 2.45) is 0 Å². The molecule has 0 saturated carbocycles. The quantitative estimate of drug-likeness (QED) is 0.816. The summed E-state index contributed by atoms with van der Waals surface area (Å²) in [6.45, 7) is 2.72. The number of amides is 2. The third-order valence-electron chi connectivity index (χ3n) is 4.71. The van der Waals surface area contributed by atoms with Crippen LogP contribution in [0.2, 0.25) is 0 Å². The third-order valence-corrected chi connectivity index (χ3v) is 5.20. The minimum absolute atomic E-state index is 0.0255. The molecule has 2 aromatic carbocycles. The maximum atomic E-state index is 13.8. The highest BCUT2D eigenvalue weighted by Crippen LogP contribution is 2.24. The Morgan fingerprint density at radius 3 is 2.77 bits per heavy atom. The first-order valence-corrected chi connectivity index (χ1v) is 9.56. The molecule has 1 aliphatic heterocycles. The summed E-state index contributed by atoms with van der Waals surface area (Å²) in [6, 6.07) is 14.9. The van der Waals surface area contributed by atoms with E-state index in [-0.39, 0.29) is 17.9 Å². The maximum absolute atomic E-state index is 13.8. The van der Waals surface area contributed by atoms with Gasteiger partial charge in [-0.15, -0.1) is 0 Å². The van der Waals surface area contributed by atoms with Crippen LogP contribution in [0.15, 0.2) is 53.0 Å². The van der Waals surface area contributed by atoms with Gasteiger partial charge in [-0.25, -0.2) is 9.18 Å². The van der Waals surface area contributed by atoms with Gasteiger partial charge in [0.1, 0.15) is 5.82 Å². The molecular formula is C20H23BrFN3O. The van der Waals surface area contributed by atoms with Crippen molar-refractivity contribution in [2.75, 3.05) is 33.2 Å². The number of nitrogens with zero attached hydrogens (tertiary/aromatic N) is 2. The van der Waals surface area contributed by atoms with E-state index in [0.717, 1.165) is 23.1 Å². The Morgan fingerprint density at radius 1 is 1.23 bits per heavy atom. The SMILES string of the molecule is CN1CCN(C(=O)NCCc2cc(Br)ccc2F)C(c2ccccc2)C1. The molecule has 1 fully saturated rings. The minimum atomic E-state index is -0.246. The highest BCUT2D eigenvalue weighted by molar-refractivity contribution is 9.10. The van der Waals surface area contributed by atoms with Crippen LogP contribution in [-0.2, 0) is 6.42 Å². The molecule has 1 atom stereocenters. The Labute approximate surface area is 162 Å². The molecule has 1 N–H and O–H groups in total. The first-order valence-electron chi connectivity index (χ1n) is 8.76. The Kier molecular flexibility index (Phi) is 6.27. The molecule has 0 aromatic heterocycles. The number of likely N-dealkylation sites (N-methyl/N-ethyl adjacent to an activating group) is 1. The van der Waals surface area contributed by atoms with Crippen LogP contribution < -0.4 is 5.32 Å². The number of benzene rings is 2.